The molecule has 0 aliphatic rings. The lowest BCUT2D eigenvalue weighted by molar-refractivity contribution is -0.158. The predicted octanol–water partition coefficient (Wildman–Crippen LogP) is 4.78. The minimum atomic E-state index is -0.823. The van der Waals surface area contributed by atoms with Crippen molar-refractivity contribution in [2.75, 3.05) is 19.8 Å². The molecule has 0 aliphatic carbocycles. The van der Waals surface area contributed by atoms with E-state index in [0.29, 0.717) is 12.8 Å². The number of hydrogen-bond donors (Lipinski definition) is 1. The Bertz CT molecular complexity index is 715. The molecule has 0 bridgehead atoms. The summed E-state index contributed by atoms with van der Waals surface area (Å²) >= 11 is 0. The zero-order valence-corrected chi connectivity index (χ0v) is 21.1. The van der Waals surface area contributed by atoms with E-state index in [9.17, 15) is 19.5 Å². The third-order valence-electron chi connectivity index (χ3n) is 5.50. The van der Waals surface area contributed by atoms with E-state index in [1.165, 1.54) is 6.42 Å². The Morgan fingerprint density at radius 2 is 1.68 bits per heavy atom. The Balaban J connectivity index is 2.25. The van der Waals surface area contributed by atoms with E-state index in [4.69, 9.17) is 14.2 Å². The summed E-state index contributed by atoms with van der Waals surface area (Å²) in [5, 5.41) is 9.49. The second-order valence-electron chi connectivity index (χ2n) is 9.50. The van der Waals surface area contributed by atoms with Crippen molar-refractivity contribution in [1.82, 2.24) is 0 Å². The van der Waals surface area contributed by atoms with Gasteiger partial charge in [0.1, 0.15) is 19.3 Å². The molecule has 1 aromatic rings. The molecule has 1 rings (SSSR count). The molecule has 0 fully saturated rings. The molecule has 34 heavy (non-hydrogen) atoms. The standard InChI is InChI=1S/C27H42O7/c1-4-5-6-7-11-14-23(29)20-32-21-24(18-28)34-26(31)17-27(2,3)16-15-25(30)33-19-22-12-9-8-10-13-22/h8-10,12-13,24,28H,4-7,11,14-21H2,1-3H3. The van der Waals surface area contributed by atoms with Gasteiger partial charge in [-0.2, -0.15) is 0 Å². The van der Waals surface area contributed by atoms with Gasteiger partial charge in [0.15, 0.2) is 5.78 Å². The molecule has 1 atom stereocenters. The van der Waals surface area contributed by atoms with Gasteiger partial charge >= 0.3 is 11.9 Å². The van der Waals surface area contributed by atoms with E-state index in [1.54, 1.807) is 0 Å². The molecular weight excluding hydrogens is 436 g/mol. The van der Waals surface area contributed by atoms with Crippen molar-refractivity contribution >= 4 is 17.7 Å². The number of unbranched alkanes of at least 4 members (excludes halogenated alkanes) is 4. The van der Waals surface area contributed by atoms with Crippen LogP contribution in [0.15, 0.2) is 30.3 Å². The van der Waals surface area contributed by atoms with E-state index in [0.717, 1.165) is 31.2 Å². The number of Topliss-reactive ketones (excluding diaryl/α,β-unsaturated/α-hetero) is 1. The number of hydrogen-bond acceptors (Lipinski definition) is 7. The van der Waals surface area contributed by atoms with Gasteiger partial charge in [0.25, 0.3) is 0 Å². The summed E-state index contributed by atoms with van der Waals surface area (Å²) in [5.41, 5.74) is 0.446. The quantitative estimate of drug-likeness (QED) is 0.226. The highest BCUT2D eigenvalue weighted by atomic mass is 16.6. The molecule has 192 valence electrons. The van der Waals surface area contributed by atoms with Crippen molar-refractivity contribution in [1.29, 1.82) is 0 Å². The van der Waals surface area contributed by atoms with Gasteiger partial charge in [-0.15, -0.1) is 0 Å². The second-order valence-corrected chi connectivity index (χ2v) is 9.50. The third-order valence-corrected chi connectivity index (χ3v) is 5.50. The van der Waals surface area contributed by atoms with Crippen LogP contribution in [0.25, 0.3) is 0 Å². The molecule has 0 saturated heterocycles. The average molecular weight is 479 g/mol. The number of benzene rings is 1. The molecule has 1 unspecified atom stereocenters. The molecule has 0 spiro atoms. The number of carbonyl (C=O) groups excluding carboxylic acids is 3. The van der Waals surface area contributed by atoms with Crippen LogP contribution in [0.5, 0.6) is 0 Å². The third kappa shape index (κ3) is 14.8. The molecule has 0 heterocycles. The van der Waals surface area contributed by atoms with Crippen molar-refractivity contribution in [2.45, 2.75) is 91.3 Å². The van der Waals surface area contributed by atoms with Gasteiger partial charge in [0, 0.05) is 12.8 Å². The fraction of sp³-hybridized carbons (Fsp3) is 0.667. The van der Waals surface area contributed by atoms with Crippen LogP contribution in [0, 0.1) is 5.41 Å². The zero-order chi connectivity index (χ0) is 25.2. The van der Waals surface area contributed by atoms with Crippen molar-refractivity contribution in [3.63, 3.8) is 0 Å². The molecule has 0 saturated carbocycles. The Hall–Kier alpha value is -2.25. The van der Waals surface area contributed by atoms with Crippen LogP contribution in [-0.4, -0.2) is 48.8 Å². The van der Waals surface area contributed by atoms with Gasteiger partial charge in [-0.3, -0.25) is 14.4 Å². The fourth-order valence-corrected chi connectivity index (χ4v) is 3.38. The maximum absolute atomic E-state index is 12.3. The van der Waals surface area contributed by atoms with Crippen LogP contribution in [0.2, 0.25) is 0 Å². The van der Waals surface area contributed by atoms with E-state index >= 15 is 0 Å². The number of aliphatic hydroxyl groups excluding tert-OH is 1. The number of esters is 2. The van der Waals surface area contributed by atoms with Gasteiger partial charge in [0.05, 0.1) is 19.6 Å². The monoisotopic (exact) mass is 478 g/mol. The Morgan fingerprint density at radius 3 is 2.35 bits per heavy atom. The number of rotatable bonds is 19. The molecule has 0 amide bonds. The summed E-state index contributed by atoms with van der Waals surface area (Å²) < 4.78 is 15.9. The van der Waals surface area contributed by atoms with Crippen LogP contribution in [-0.2, 0) is 35.2 Å². The summed E-state index contributed by atoms with van der Waals surface area (Å²) in [5.74, 6) is -0.783. The Morgan fingerprint density at radius 1 is 0.971 bits per heavy atom. The highest BCUT2D eigenvalue weighted by Gasteiger charge is 2.26. The van der Waals surface area contributed by atoms with E-state index in [2.05, 4.69) is 6.92 Å². The fourth-order valence-electron chi connectivity index (χ4n) is 3.38. The van der Waals surface area contributed by atoms with Crippen molar-refractivity contribution in [3.8, 4) is 0 Å². The molecule has 0 aliphatic heterocycles. The molecule has 1 aromatic carbocycles. The van der Waals surface area contributed by atoms with Gasteiger partial charge in [-0.1, -0.05) is 76.8 Å². The average Bonchev–Trinajstić information content (AvgIpc) is 2.81. The zero-order valence-electron chi connectivity index (χ0n) is 21.1. The maximum Gasteiger partial charge on any atom is 0.306 e. The van der Waals surface area contributed by atoms with Gasteiger partial charge in [0.2, 0.25) is 0 Å². The van der Waals surface area contributed by atoms with Gasteiger partial charge in [-0.05, 0) is 23.8 Å². The minimum Gasteiger partial charge on any atom is -0.461 e. The smallest absolute Gasteiger partial charge is 0.306 e. The van der Waals surface area contributed by atoms with Crippen LogP contribution in [0.1, 0.15) is 84.1 Å². The second kappa shape index (κ2) is 17.2. The van der Waals surface area contributed by atoms with Crippen molar-refractivity contribution < 1.29 is 33.7 Å². The largest absolute Gasteiger partial charge is 0.461 e. The van der Waals surface area contributed by atoms with Crippen LogP contribution < -0.4 is 0 Å². The Kier molecular flexibility index (Phi) is 15.1. The van der Waals surface area contributed by atoms with E-state index in [-0.39, 0.29) is 51.0 Å². The molecule has 7 nitrogen and oxygen atoms in total. The highest BCUT2D eigenvalue weighted by Crippen LogP contribution is 2.28. The Labute approximate surface area is 204 Å². The predicted molar refractivity (Wildman–Crippen MR) is 130 cm³/mol. The molecule has 7 heteroatoms. The summed E-state index contributed by atoms with van der Waals surface area (Å²) in [4.78, 5) is 36.3. The first-order chi connectivity index (χ1) is 16.3. The lowest BCUT2D eigenvalue weighted by Gasteiger charge is -2.24. The number of carbonyl (C=O) groups is 3. The van der Waals surface area contributed by atoms with Crippen LogP contribution in [0.4, 0.5) is 0 Å². The van der Waals surface area contributed by atoms with Crippen molar-refractivity contribution in [2.24, 2.45) is 5.41 Å². The maximum atomic E-state index is 12.3. The SMILES string of the molecule is CCCCCCCC(=O)COCC(CO)OC(=O)CC(C)(C)CCC(=O)OCc1ccccc1. The summed E-state index contributed by atoms with van der Waals surface area (Å²) in [6, 6.07) is 9.45. The van der Waals surface area contributed by atoms with E-state index in [1.807, 2.05) is 44.2 Å². The van der Waals surface area contributed by atoms with Gasteiger partial charge in [-0.25, -0.2) is 0 Å². The number of ether oxygens (including phenoxy) is 3. The first-order valence-electron chi connectivity index (χ1n) is 12.3. The lowest BCUT2D eigenvalue weighted by Crippen LogP contribution is -2.30. The number of ketones is 1. The lowest BCUT2D eigenvalue weighted by atomic mass is 9.84. The topological polar surface area (TPSA) is 99.1 Å². The molecular formula is C27H42O7. The molecule has 0 radical (unpaired) electrons. The van der Waals surface area contributed by atoms with Crippen LogP contribution >= 0.6 is 0 Å². The summed E-state index contributed by atoms with van der Waals surface area (Å²) in [7, 11) is 0. The normalized spacial score (nSPS) is 12.2. The summed E-state index contributed by atoms with van der Waals surface area (Å²) in [6.45, 7) is 5.67. The first-order valence-corrected chi connectivity index (χ1v) is 12.3. The minimum absolute atomic E-state index is 0.0137. The van der Waals surface area contributed by atoms with Gasteiger partial charge < -0.3 is 19.3 Å². The van der Waals surface area contributed by atoms with Crippen LogP contribution in [0.3, 0.4) is 0 Å². The molecule has 1 N–H and O–H groups in total. The van der Waals surface area contributed by atoms with Crippen molar-refractivity contribution in [3.05, 3.63) is 35.9 Å². The molecule has 0 aromatic heterocycles. The first kappa shape index (κ1) is 29.8. The number of aliphatic hydroxyl groups is 1. The summed E-state index contributed by atoms with van der Waals surface area (Å²) in [6.07, 6.45) is 5.78. The van der Waals surface area contributed by atoms with E-state index < -0.39 is 17.5 Å². The highest BCUT2D eigenvalue weighted by molar-refractivity contribution is 5.79.